The first kappa shape index (κ1) is 12.6. The maximum Gasteiger partial charge on any atom is 0.0630 e. The van der Waals surface area contributed by atoms with Gasteiger partial charge in [-0.25, -0.2) is 0 Å². The van der Waals surface area contributed by atoms with Gasteiger partial charge in [0.15, 0.2) is 0 Å². The molecule has 18 heavy (non-hydrogen) atoms. The summed E-state index contributed by atoms with van der Waals surface area (Å²) in [5, 5.41) is 5.42. The number of hydrogen-bond acceptors (Lipinski definition) is 4. The molecule has 0 unspecified atom stereocenters. The molecule has 3 nitrogen and oxygen atoms in total. The number of rotatable bonds is 5. The number of fused-ring (bicyclic) bond motifs is 1. The molecule has 0 aliphatic rings. The molecule has 1 aromatic heterocycles. The van der Waals surface area contributed by atoms with Gasteiger partial charge in [-0.2, -0.15) is 0 Å². The molecule has 2 rings (SSSR count). The minimum absolute atomic E-state index is 0.751. The van der Waals surface area contributed by atoms with Crippen LogP contribution in [0, 0.1) is 12.3 Å². The first-order valence-electron chi connectivity index (χ1n) is 5.70. The number of pyridine rings is 1. The number of aromatic nitrogens is 1. The van der Waals surface area contributed by atoms with E-state index < -0.39 is 0 Å². The molecule has 92 valence electrons. The van der Waals surface area contributed by atoms with E-state index in [-0.39, 0.29) is 0 Å². The molecular weight excluding hydrogens is 242 g/mol. The number of nitrogens with two attached hydrogens (primary N) is 1. The van der Waals surface area contributed by atoms with E-state index in [1.54, 1.807) is 18.0 Å². The van der Waals surface area contributed by atoms with Crippen molar-refractivity contribution in [2.75, 3.05) is 29.1 Å². The van der Waals surface area contributed by atoms with Crippen LogP contribution < -0.4 is 11.1 Å². The average Bonchev–Trinajstić information content (AvgIpc) is 2.41. The summed E-state index contributed by atoms with van der Waals surface area (Å²) in [7, 11) is 0. The Balaban J connectivity index is 2.05. The number of anilines is 2. The Hall–Kier alpha value is -1.86. The second-order valence-corrected chi connectivity index (χ2v) is 4.91. The molecule has 4 heteroatoms. The van der Waals surface area contributed by atoms with E-state index in [2.05, 4.69) is 16.2 Å². The molecule has 0 spiro atoms. The summed E-state index contributed by atoms with van der Waals surface area (Å²) in [5.41, 5.74) is 7.87. The van der Waals surface area contributed by atoms with Crippen molar-refractivity contribution in [2.45, 2.75) is 0 Å². The van der Waals surface area contributed by atoms with E-state index in [1.165, 1.54) is 0 Å². The molecule has 0 saturated heterocycles. The summed E-state index contributed by atoms with van der Waals surface area (Å²) in [6.07, 6.45) is 8.76. The zero-order valence-corrected chi connectivity index (χ0v) is 10.8. The van der Waals surface area contributed by atoms with Crippen molar-refractivity contribution < 1.29 is 0 Å². The van der Waals surface area contributed by atoms with Crippen LogP contribution in [0.25, 0.3) is 10.8 Å². The quantitative estimate of drug-likeness (QED) is 0.491. The van der Waals surface area contributed by atoms with Crippen molar-refractivity contribution in [1.82, 2.24) is 4.98 Å². The predicted octanol–water partition coefficient (Wildman–Crippen LogP) is 2.60. The lowest BCUT2D eigenvalue weighted by Crippen LogP contribution is -2.06. The van der Waals surface area contributed by atoms with Crippen LogP contribution in [0.1, 0.15) is 0 Å². The molecule has 0 aliphatic carbocycles. The predicted molar refractivity (Wildman–Crippen MR) is 80.8 cm³/mol. The van der Waals surface area contributed by atoms with Gasteiger partial charge in [-0.1, -0.05) is 12.0 Å². The van der Waals surface area contributed by atoms with Crippen LogP contribution in [-0.4, -0.2) is 23.0 Å². The van der Waals surface area contributed by atoms with Crippen molar-refractivity contribution >= 4 is 33.9 Å². The second-order valence-electron chi connectivity index (χ2n) is 3.81. The largest absolute Gasteiger partial charge is 0.397 e. The first-order valence-corrected chi connectivity index (χ1v) is 6.85. The topological polar surface area (TPSA) is 50.9 Å². The first-order chi connectivity index (χ1) is 8.83. The third-order valence-corrected chi connectivity index (χ3v) is 3.47. The molecule has 1 heterocycles. The summed E-state index contributed by atoms with van der Waals surface area (Å²) >= 11 is 1.73. The molecule has 0 saturated carbocycles. The molecule has 0 radical (unpaired) electrons. The number of terminal acetylenes is 1. The van der Waals surface area contributed by atoms with E-state index in [0.29, 0.717) is 0 Å². The van der Waals surface area contributed by atoms with Crippen LogP contribution in [0.3, 0.4) is 0 Å². The van der Waals surface area contributed by atoms with Crippen LogP contribution >= 0.6 is 11.8 Å². The fourth-order valence-electron chi connectivity index (χ4n) is 1.74. The zero-order chi connectivity index (χ0) is 12.8. The van der Waals surface area contributed by atoms with Crippen LogP contribution in [0.5, 0.6) is 0 Å². The summed E-state index contributed by atoms with van der Waals surface area (Å²) in [4.78, 5) is 4.08. The summed E-state index contributed by atoms with van der Waals surface area (Å²) in [6, 6.07) is 5.95. The Bertz CT molecular complexity index is 575. The lowest BCUT2D eigenvalue weighted by Gasteiger charge is -2.11. The number of nitrogens with one attached hydrogen (secondary N) is 1. The molecule has 0 fully saturated rings. The molecule has 0 bridgehead atoms. The Morgan fingerprint density at radius 1 is 1.39 bits per heavy atom. The zero-order valence-electron chi connectivity index (χ0n) is 10.0. The lowest BCUT2D eigenvalue weighted by atomic mass is 10.1. The highest BCUT2D eigenvalue weighted by molar-refractivity contribution is 7.99. The van der Waals surface area contributed by atoms with Gasteiger partial charge in [-0.3, -0.25) is 4.98 Å². The molecule has 1 aromatic carbocycles. The van der Waals surface area contributed by atoms with Crippen molar-refractivity contribution in [1.29, 1.82) is 0 Å². The van der Waals surface area contributed by atoms with Crippen LogP contribution in [0.4, 0.5) is 11.4 Å². The van der Waals surface area contributed by atoms with E-state index in [0.717, 1.165) is 40.2 Å². The smallest absolute Gasteiger partial charge is 0.0630 e. The molecule has 0 amide bonds. The molecule has 2 aromatic rings. The number of nitrogen functional groups attached to an aromatic ring is 1. The lowest BCUT2D eigenvalue weighted by molar-refractivity contribution is 1.23. The minimum atomic E-state index is 0.751. The van der Waals surface area contributed by atoms with E-state index in [9.17, 15) is 0 Å². The molecule has 0 atom stereocenters. The monoisotopic (exact) mass is 257 g/mol. The van der Waals surface area contributed by atoms with E-state index in [4.69, 9.17) is 12.2 Å². The molecular formula is C14H15N3S. The molecule has 3 N–H and O–H groups in total. The van der Waals surface area contributed by atoms with Crippen molar-refractivity contribution in [3.63, 3.8) is 0 Å². The Labute approximate surface area is 111 Å². The highest BCUT2D eigenvalue weighted by Crippen LogP contribution is 2.27. The van der Waals surface area contributed by atoms with Gasteiger partial charge in [0, 0.05) is 35.5 Å². The average molecular weight is 257 g/mol. The third kappa shape index (κ3) is 2.88. The van der Waals surface area contributed by atoms with Gasteiger partial charge < -0.3 is 11.1 Å². The minimum Gasteiger partial charge on any atom is -0.397 e. The summed E-state index contributed by atoms with van der Waals surface area (Å²) in [5.74, 6) is 4.33. The van der Waals surface area contributed by atoms with Gasteiger partial charge in [0.1, 0.15) is 0 Å². The van der Waals surface area contributed by atoms with Gasteiger partial charge in [0.2, 0.25) is 0 Å². The number of hydrogen-bond donors (Lipinski definition) is 2. The van der Waals surface area contributed by atoms with Gasteiger partial charge >= 0.3 is 0 Å². The Morgan fingerprint density at radius 2 is 2.28 bits per heavy atom. The fraction of sp³-hybridized carbons (Fsp3) is 0.214. The van der Waals surface area contributed by atoms with Crippen molar-refractivity contribution in [2.24, 2.45) is 0 Å². The standard InChI is InChI=1S/C14H15N3S/c1-2-8-18-9-7-17-13-4-3-11-10-16-6-5-12(11)14(13)15/h1,3-6,10,17H,7-9,15H2. The van der Waals surface area contributed by atoms with Gasteiger partial charge in [-0.15, -0.1) is 18.2 Å². The fourth-order valence-corrected chi connectivity index (χ4v) is 2.24. The van der Waals surface area contributed by atoms with Crippen LogP contribution in [0.2, 0.25) is 0 Å². The van der Waals surface area contributed by atoms with Gasteiger partial charge in [0.05, 0.1) is 17.1 Å². The Morgan fingerprint density at radius 3 is 3.11 bits per heavy atom. The normalized spacial score (nSPS) is 10.2. The summed E-state index contributed by atoms with van der Waals surface area (Å²) < 4.78 is 0. The highest BCUT2D eigenvalue weighted by atomic mass is 32.2. The number of nitrogens with zero attached hydrogens (tertiary/aromatic N) is 1. The SMILES string of the molecule is C#CCSCCNc1ccc2cnccc2c1N. The number of benzene rings is 1. The second kappa shape index (κ2) is 6.18. The highest BCUT2D eigenvalue weighted by Gasteiger charge is 2.03. The van der Waals surface area contributed by atoms with Crippen molar-refractivity contribution in [3.8, 4) is 12.3 Å². The maximum absolute atomic E-state index is 6.13. The van der Waals surface area contributed by atoms with Crippen molar-refractivity contribution in [3.05, 3.63) is 30.6 Å². The molecule has 0 aliphatic heterocycles. The van der Waals surface area contributed by atoms with Crippen LogP contribution in [0.15, 0.2) is 30.6 Å². The maximum atomic E-state index is 6.13. The van der Waals surface area contributed by atoms with Crippen LogP contribution in [-0.2, 0) is 0 Å². The van der Waals surface area contributed by atoms with Gasteiger partial charge in [-0.05, 0) is 12.1 Å². The number of thioether (sulfide) groups is 1. The van der Waals surface area contributed by atoms with Gasteiger partial charge in [0.25, 0.3) is 0 Å². The Kier molecular flexibility index (Phi) is 4.32. The summed E-state index contributed by atoms with van der Waals surface area (Å²) in [6.45, 7) is 0.854. The van der Waals surface area contributed by atoms with E-state index in [1.807, 2.05) is 24.4 Å². The van der Waals surface area contributed by atoms with E-state index >= 15 is 0 Å². The third-order valence-electron chi connectivity index (χ3n) is 2.61.